The van der Waals surface area contributed by atoms with Crippen LogP contribution in [0.15, 0.2) is 95.9 Å². The number of anilines is 1. The van der Waals surface area contributed by atoms with Gasteiger partial charge in [-0.3, -0.25) is 14.2 Å². The van der Waals surface area contributed by atoms with E-state index in [0.29, 0.717) is 22.0 Å². The number of aromatic nitrogens is 3. The summed E-state index contributed by atoms with van der Waals surface area (Å²) in [6.45, 7) is 0.207. The van der Waals surface area contributed by atoms with Gasteiger partial charge in [-0.15, -0.1) is 0 Å². The number of carbonyl (C=O) groups excluding carboxylic acids is 1. The van der Waals surface area contributed by atoms with E-state index >= 15 is 0 Å². The summed E-state index contributed by atoms with van der Waals surface area (Å²) >= 11 is 5.99. The van der Waals surface area contributed by atoms with Gasteiger partial charge in [0.2, 0.25) is 5.91 Å². The van der Waals surface area contributed by atoms with Gasteiger partial charge in [0.05, 0.1) is 18.5 Å². The molecule has 1 amide bonds. The van der Waals surface area contributed by atoms with Crippen LogP contribution in [0.25, 0.3) is 16.7 Å². The third kappa shape index (κ3) is 5.15. The topological polar surface area (TPSA) is 68.9 Å². The Morgan fingerprint density at radius 3 is 2.63 bits per heavy atom. The molecule has 0 bridgehead atoms. The van der Waals surface area contributed by atoms with Gasteiger partial charge in [-0.05, 0) is 65.7 Å². The normalized spacial score (nSPS) is 11.0. The fourth-order valence-corrected chi connectivity index (χ4v) is 4.15. The van der Waals surface area contributed by atoms with E-state index in [-0.39, 0.29) is 30.2 Å². The van der Waals surface area contributed by atoms with Crippen LogP contribution in [-0.4, -0.2) is 20.3 Å². The highest BCUT2D eigenvalue weighted by Crippen LogP contribution is 2.20. The SMILES string of the molecule is O=C(Cc1cccc(Cl)c1)Nc1cccc(Cn2nc(-n3ccc4ccc(F)cc43)ccc2=O)c1. The summed E-state index contributed by atoms with van der Waals surface area (Å²) < 4.78 is 16.9. The average Bonchev–Trinajstić information content (AvgIpc) is 3.24. The third-order valence-electron chi connectivity index (χ3n) is 5.55. The Morgan fingerprint density at radius 2 is 1.77 bits per heavy atom. The molecule has 1 N–H and O–H groups in total. The van der Waals surface area contributed by atoms with E-state index in [1.807, 2.05) is 18.2 Å². The van der Waals surface area contributed by atoms with Crippen molar-refractivity contribution in [3.05, 3.63) is 123 Å². The largest absolute Gasteiger partial charge is 0.326 e. The van der Waals surface area contributed by atoms with Crippen molar-refractivity contribution in [2.75, 3.05) is 5.32 Å². The van der Waals surface area contributed by atoms with Crippen LogP contribution >= 0.6 is 11.6 Å². The number of hydrogen-bond donors (Lipinski definition) is 1. The van der Waals surface area contributed by atoms with Crippen LogP contribution < -0.4 is 10.9 Å². The number of carbonyl (C=O) groups is 1. The monoisotopic (exact) mass is 486 g/mol. The van der Waals surface area contributed by atoms with E-state index in [4.69, 9.17) is 11.6 Å². The van der Waals surface area contributed by atoms with Crippen LogP contribution in [0.3, 0.4) is 0 Å². The van der Waals surface area contributed by atoms with Gasteiger partial charge < -0.3 is 5.32 Å². The molecular formula is C27H20ClFN4O2. The molecule has 8 heteroatoms. The summed E-state index contributed by atoms with van der Waals surface area (Å²) in [6, 6.07) is 23.8. The highest BCUT2D eigenvalue weighted by atomic mass is 35.5. The van der Waals surface area contributed by atoms with Crippen LogP contribution in [-0.2, 0) is 17.8 Å². The zero-order valence-corrected chi connectivity index (χ0v) is 19.2. The molecule has 2 heterocycles. The van der Waals surface area contributed by atoms with Crippen molar-refractivity contribution in [2.45, 2.75) is 13.0 Å². The lowest BCUT2D eigenvalue weighted by molar-refractivity contribution is -0.115. The molecule has 0 spiro atoms. The second-order valence-electron chi connectivity index (χ2n) is 8.13. The molecular weight excluding hydrogens is 467 g/mol. The van der Waals surface area contributed by atoms with E-state index < -0.39 is 0 Å². The van der Waals surface area contributed by atoms with Crippen molar-refractivity contribution in [1.82, 2.24) is 14.3 Å². The lowest BCUT2D eigenvalue weighted by Crippen LogP contribution is -2.24. The minimum absolute atomic E-state index is 0.173. The maximum atomic E-state index is 13.8. The molecule has 6 nitrogen and oxygen atoms in total. The summed E-state index contributed by atoms with van der Waals surface area (Å²) in [4.78, 5) is 25.0. The zero-order chi connectivity index (χ0) is 24.4. The number of nitrogens with zero attached hydrogens (tertiary/aromatic N) is 3. The van der Waals surface area contributed by atoms with Crippen molar-refractivity contribution >= 4 is 34.1 Å². The molecule has 0 radical (unpaired) electrons. The Bertz CT molecular complexity index is 1610. The zero-order valence-electron chi connectivity index (χ0n) is 18.5. The molecule has 0 aliphatic carbocycles. The van der Waals surface area contributed by atoms with Crippen molar-refractivity contribution in [3.63, 3.8) is 0 Å². The average molecular weight is 487 g/mol. The summed E-state index contributed by atoms with van der Waals surface area (Å²) in [5, 5.41) is 8.82. The quantitative estimate of drug-likeness (QED) is 0.358. The van der Waals surface area contributed by atoms with Crippen molar-refractivity contribution < 1.29 is 9.18 Å². The fraction of sp³-hybridized carbons (Fsp3) is 0.0741. The first kappa shape index (κ1) is 22.6. The Morgan fingerprint density at radius 1 is 0.943 bits per heavy atom. The van der Waals surface area contributed by atoms with Crippen molar-refractivity contribution in [2.24, 2.45) is 0 Å². The molecule has 0 saturated carbocycles. The smallest absolute Gasteiger partial charge is 0.267 e. The molecule has 5 aromatic rings. The number of nitrogens with one attached hydrogen (secondary N) is 1. The van der Waals surface area contributed by atoms with E-state index in [1.54, 1.807) is 59.3 Å². The first-order valence-electron chi connectivity index (χ1n) is 10.9. The van der Waals surface area contributed by atoms with Crippen LogP contribution in [0.5, 0.6) is 0 Å². The van der Waals surface area contributed by atoms with E-state index in [0.717, 1.165) is 16.5 Å². The Kier molecular flexibility index (Phi) is 6.16. The summed E-state index contributed by atoms with van der Waals surface area (Å²) in [5.41, 5.74) is 2.61. The molecule has 0 atom stereocenters. The molecule has 3 aromatic carbocycles. The van der Waals surface area contributed by atoms with Gasteiger partial charge in [0, 0.05) is 28.4 Å². The third-order valence-corrected chi connectivity index (χ3v) is 5.79. The number of amides is 1. The van der Waals surface area contributed by atoms with Gasteiger partial charge in [-0.1, -0.05) is 35.9 Å². The number of halogens is 2. The van der Waals surface area contributed by atoms with E-state index in [1.165, 1.54) is 22.9 Å². The van der Waals surface area contributed by atoms with Gasteiger partial charge in [0.1, 0.15) is 5.82 Å². The standard InChI is InChI=1S/C27H20ClFN4O2/c28-21-5-1-3-18(13-21)15-26(34)30-23-6-2-4-19(14-23)17-33-27(35)10-9-25(31-33)32-12-11-20-7-8-22(29)16-24(20)32/h1-14,16H,15,17H2,(H,30,34). The van der Waals surface area contributed by atoms with Gasteiger partial charge in [-0.2, -0.15) is 5.10 Å². The Hall–Kier alpha value is -4.23. The highest BCUT2D eigenvalue weighted by molar-refractivity contribution is 6.30. The fourth-order valence-electron chi connectivity index (χ4n) is 3.94. The maximum Gasteiger partial charge on any atom is 0.267 e. The minimum atomic E-state index is -0.347. The summed E-state index contributed by atoms with van der Waals surface area (Å²) in [7, 11) is 0. The lowest BCUT2D eigenvalue weighted by atomic mass is 10.1. The van der Waals surface area contributed by atoms with Gasteiger partial charge in [0.15, 0.2) is 5.82 Å². The molecule has 0 saturated heterocycles. The Balaban J connectivity index is 1.36. The van der Waals surface area contributed by atoms with Gasteiger partial charge >= 0.3 is 0 Å². The molecule has 174 valence electrons. The first-order chi connectivity index (χ1) is 16.9. The summed E-state index contributed by atoms with van der Waals surface area (Å²) in [6.07, 6.45) is 1.98. The predicted molar refractivity (Wildman–Crippen MR) is 135 cm³/mol. The molecule has 0 aliphatic heterocycles. The molecule has 0 aliphatic rings. The second-order valence-corrected chi connectivity index (χ2v) is 8.57. The molecule has 2 aromatic heterocycles. The van der Waals surface area contributed by atoms with Gasteiger partial charge in [-0.25, -0.2) is 9.07 Å². The molecule has 0 unspecified atom stereocenters. The number of benzene rings is 3. The van der Waals surface area contributed by atoms with Crippen LogP contribution in [0.1, 0.15) is 11.1 Å². The minimum Gasteiger partial charge on any atom is -0.326 e. The lowest BCUT2D eigenvalue weighted by Gasteiger charge is -2.11. The first-order valence-corrected chi connectivity index (χ1v) is 11.3. The molecule has 35 heavy (non-hydrogen) atoms. The maximum absolute atomic E-state index is 13.8. The van der Waals surface area contributed by atoms with Gasteiger partial charge in [0.25, 0.3) is 5.56 Å². The van der Waals surface area contributed by atoms with Crippen molar-refractivity contribution in [1.29, 1.82) is 0 Å². The highest BCUT2D eigenvalue weighted by Gasteiger charge is 2.10. The molecule has 5 rings (SSSR count). The van der Waals surface area contributed by atoms with E-state index in [2.05, 4.69) is 10.4 Å². The number of rotatable bonds is 6. The predicted octanol–water partition coefficient (Wildman–Crippen LogP) is 5.21. The van der Waals surface area contributed by atoms with Crippen molar-refractivity contribution in [3.8, 4) is 5.82 Å². The van der Waals surface area contributed by atoms with Crippen LogP contribution in [0.2, 0.25) is 5.02 Å². The second kappa shape index (κ2) is 9.56. The van der Waals surface area contributed by atoms with Crippen LogP contribution in [0.4, 0.5) is 10.1 Å². The van der Waals surface area contributed by atoms with Crippen LogP contribution in [0, 0.1) is 5.82 Å². The summed E-state index contributed by atoms with van der Waals surface area (Å²) in [5.74, 6) is -0.0235. The molecule has 0 fully saturated rings. The van der Waals surface area contributed by atoms with E-state index in [9.17, 15) is 14.0 Å². The Labute approximate surface area is 205 Å². The number of hydrogen-bond acceptors (Lipinski definition) is 3. The number of fused-ring (bicyclic) bond motifs is 1.